The quantitative estimate of drug-likeness (QED) is 0.863. The fourth-order valence-electron chi connectivity index (χ4n) is 2.11. The first-order valence-electron chi connectivity index (χ1n) is 8.14. The molecule has 0 saturated heterocycles. The minimum Gasteiger partial charge on any atom is -0.444 e. The Kier molecular flexibility index (Phi) is 6.03. The zero-order chi connectivity index (χ0) is 18.7. The molecule has 1 aromatic rings. The van der Waals surface area contributed by atoms with E-state index in [1.807, 2.05) is 27.7 Å². The van der Waals surface area contributed by atoms with Crippen LogP contribution in [-0.4, -0.2) is 39.5 Å². The van der Waals surface area contributed by atoms with E-state index in [4.69, 9.17) is 4.74 Å². The van der Waals surface area contributed by atoms with Gasteiger partial charge in [-0.2, -0.15) is 5.10 Å². The molecule has 2 N–H and O–H groups in total. The van der Waals surface area contributed by atoms with Gasteiger partial charge < -0.3 is 15.4 Å². The van der Waals surface area contributed by atoms with Crippen LogP contribution in [0, 0.1) is 12.8 Å². The van der Waals surface area contributed by atoms with Crippen molar-refractivity contribution in [1.29, 1.82) is 0 Å². The normalized spacial score (nSPS) is 14.2. The van der Waals surface area contributed by atoms with Crippen LogP contribution < -0.4 is 10.6 Å². The number of carbonyl (C=O) groups excluding carboxylic acids is 2. The molecular formula is C17H30N4O3. The largest absolute Gasteiger partial charge is 0.444 e. The van der Waals surface area contributed by atoms with Crippen molar-refractivity contribution in [2.75, 3.05) is 6.54 Å². The first-order chi connectivity index (χ1) is 10.8. The summed E-state index contributed by atoms with van der Waals surface area (Å²) >= 11 is 0. The molecule has 0 aliphatic rings. The van der Waals surface area contributed by atoms with Gasteiger partial charge in [0.15, 0.2) is 0 Å². The molecule has 1 aromatic heterocycles. The molecule has 0 spiro atoms. The first-order valence-corrected chi connectivity index (χ1v) is 8.14. The van der Waals surface area contributed by atoms with Gasteiger partial charge in [0, 0.05) is 13.6 Å². The highest BCUT2D eigenvalue weighted by Crippen LogP contribution is 2.17. The maximum Gasteiger partial charge on any atom is 0.407 e. The molecule has 0 fully saturated rings. The zero-order valence-corrected chi connectivity index (χ0v) is 16.0. The first kappa shape index (κ1) is 20.0. The number of amides is 2. The van der Waals surface area contributed by atoms with E-state index in [0.717, 1.165) is 5.69 Å². The van der Waals surface area contributed by atoms with Gasteiger partial charge in [-0.05, 0) is 46.6 Å². The number of hydrogen-bond donors (Lipinski definition) is 2. The summed E-state index contributed by atoms with van der Waals surface area (Å²) in [6.45, 7) is 13.4. The third-order valence-corrected chi connectivity index (χ3v) is 3.91. The maximum atomic E-state index is 12.6. The molecule has 1 unspecified atom stereocenters. The fourth-order valence-corrected chi connectivity index (χ4v) is 2.11. The number of alkyl carbamates (subject to hydrolysis) is 1. The number of aryl methyl sites for hydroxylation is 2. The Morgan fingerprint density at radius 3 is 2.29 bits per heavy atom. The van der Waals surface area contributed by atoms with Gasteiger partial charge in [0.05, 0.1) is 11.2 Å². The van der Waals surface area contributed by atoms with E-state index in [1.165, 1.54) is 0 Å². The van der Waals surface area contributed by atoms with Crippen molar-refractivity contribution >= 4 is 12.0 Å². The molecular weight excluding hydrogens is 308 g/mol. The van der Waals surface area contributed by atoms with Gasteiger partial charge >= 0.3 is 6.09 Å². The minimum absolute atomic E-state index is 0.103. The lowest BCUT2D eigenvalue weighted by atomic mass is 9.88. The van der Waals surface area contributed by atoms with Crippen molar-refractivity contribution in [3.63, 3.8) is 0 Å². The van der Waals surface area contributed by atoms with E-state index in [-0.39, 0.29) is 18.4 Å². The molecule has 0 aromatic carbocycles. The van der Waals surface area contributed by atoms with Crippen molar-refractivity contribution in [1.82, 2.24) is 20.4 Å². The van der Waals surface area contributed by atoms with Crippen molar-refractivity contribution in [2.45, 2.75) is 59.6 Å². The molecule has 0 bridgehead atoms. The van der Waals surface area contributed by atoms with Gasteiger partial charge in [-0.1, -0.05) is 13.8 Å². The molecule has 2 amide bonds. The number of hydrogen-bond acceptors (Lipinski definition) is 4. The molecule has 7 heteroatoms. The second-order valence-corrected chi connectivity index (χ2v) is 7.68. The zero-order valence-electron chi connectivity index (χ0n) is 16.0. The van der Waals surface area contributed by atoms with Crippen LogP contribution in [0.3, 0.4) is 0 Å². The summed E-state index contributed by atoms with van der Waals surface area (Å²) in [6, 6.07) is 1.73. The standard InChI is InChI=1S/C17H30N4O3/c1-11(2)17(7,10-18-15(23)24-16(4,5)6)19-14(22)13-9-12(3)20-21(13)8/h9,11H,10H2,1-8H3,(H,18,23)(H,19,22). The van der Waals surface area contributed by atoms with E-state index >= 15 is 0 Å². The smallest absolute Gasteiger partial charge is 0.407 e. The lowest BCUT2D eigenvalue weighted by Gasteiger charge is -2.35. The highest BCUT2D eigenvalue weighted by Gasteiger charge is 2.32. The van der Waals surface area contributed by atoms with Crippen LogP contribution in [0.2, 0.25) is 0 Å². The molecule has 0 radical (unpaired) electrons. The number of rotatable bonds is 5. The van der Waals surface area contributed by atoms with Crippen molar-refractivity contribution in [3.8, 4) is 0 Å². The molecule has 136 valence electrons. The fraction of sp³-hybridized carbons (Fsp3) is 0.706. The summed E-state index contributed by atoms with van der Waals surface area (Å²) in [5.74, 6) is -0.119. The molecule has 0 saturated carbocycles. The Balaban J connectivity index is 2.79. The molecule has 1 heterocycles. The van der Waals surface area contributed by atoms with Gasteiger partial charge in [-0.25, -0.2) is 4.79 Å². The molecule has 7 nitrogen and oxygen atoms in total. The number of aromatic nitrogens is 2. The van der Waals surface area contributed by atoms with Crippen LogP contribution in [0.1, 0.15) is 57.7 Å². The van der Waals surface area contributed by atoms with Crippen LogP contribution >= 0.6 is 0 Å². The molecule has 0 aliphatic carbocycles. The topological polar surface area (TPSA) is 85.3 Å². The van der Waals surface area contributed by atoms with Crippen molar-refractivity contribution in [2.24, 2.45) is 13.0 Å². The Hall–Kier alpha value is -2.05. The predicted octanol–water partition coefficient (Wildman–Crippen LogP) is 2.40. The average Bonchev–Trinajstić information content (AvgIpc) is 2.73. The highest BCUT2D eigenvalue weighted by atomic mass is 16.6. The SMILES string of the molecule is Cc1cc(C(=O)NC(C)(CNC(=O)OC(C)(C)C)C(C)C)n(C)n1. The minimum atomic E-state index is -0.619. The monoisotopic (exact) mass is 338 g/mol. The predicted molar refractivity (Wildman–Crippen MR) is 92.9 cm³/mol. The summed E-state index contributed by atoms with van der Waals surface area (Å²) in [4.78, 5) is 24.4. The molecule has 1 rings (SSSR count). The summed E-state index contributed by atoms with van der Waals surface area (Å²) in [7, 11) is 1.73. The summed E-state index contributed by atoms with van der Waals surface area (Å²) < 4.78 is 6.80. The van der Waals surface area contributed by atoms with Crippen molar-refractivity contribution < 1.29 is 14.3 Å². The number of nitrogens with zero attached hydrogens (tertiary/aromatic N) is 2. The van der Waals surface area contributed by atoms with Gasteiger partial charge in [-0.15, -0.1) is 0 Å². The summed E-state index contributed by atoms with van der Waals surface area (Å²) in [5, 5.41) is 9.94. The highest BCUT2D eigenvalue weighted by molar-refractivity contribution is 5.93. The maximum absolute atomic E-state index is 12.6. The Labute approximate surface area is 144 Å². The molecule has 24 heavy (non-hydrogen) atoms. The third kappa shape index (κ3) is 5.54. The lowest BCUT2D eigenvalue weighted by Crippen LogP contribution is -2.57. The van der Waals surface area contributed by atoms with Crippen LogP contribution in [0.4, 0.5) is 4.79 Å². The van der Waals surface area contributed by atoms with Crippen LogP contribution in [-0.2, 0) is 11.8 Å². The average molecular weight is 338 g/mol. The Morgan fingerprint density at radius 1 is 1.29 bits per heavy atom. The number of nitrogens with one attached hydrogen (secondary N) is 2. The van der Waals surface area contributed by atoms with Crippen LogP contribution in [0.25, 0.3) is 0 Å². The van der Waals surface area contributed by atoms with Gasteiger partial charge in [0.2, 0.25) is 0 Å². The van der Waals surface area contributed by atoms with Crippen LogP contribution in [0.15, 0.2) is 6.07 Å². The van der Waals surface area contributed by atoms with E-state index < -0.39 is 17.2 Å². The molecule has 0 aliphatic heterocycles. The van der Waals surface area contributed by atoms with Gasteiger partial charge in [-0.3, -0.25) is 9.48 Å². The Morgan fingerprint density at radius 2 is 1.88 bits per heavy atom. The third-order valence-electron chi connectivity index (χ3n) is 3.91. The van der Waals surface area contributed by atoms with Crippen LogP contribution in [0.5, 0.6) is 0 Å². The second kappa shape index (κ2) is 7.23. The van der Waals surface area contributed by atoms with E-state index in [0.29, 0.717) is 5.69 Å². The van der Waals surface area contributed by atoms with Crippen molar-refractivity contribution in [3.05, 3.63) is 17.5 Å². The number of carbonyl (C=O) groups is 2. The number of ether oxygens (including phenoxy) is 1. The summed E-state index contributed by atoms with van der Waals surface area (Å²) in [6.07, 6.45) is -0.500. The molecule has 1 atom stereocenters. The Bertz CT molecular complexity index is 601. The van der Waals surface area contributed by atoms with E-state index in [2.05, 4.69) is 15.7 Å². The second-order valence-electron chi connectivity index (χ2n) is 7.68. The van der Waals surface area contributed by atoms with E-state index in [1.54, 1.807) is 38.6 Å². The van der Waals surface area contributed by atoms with Gasteiger partial charge in [0.25, 0.3) is 5.91 Å². The van der Waals surface area contributed by atoms with Gasteiger partial charge in [0.1, 0.15) is 11.3 Å². The van der Waals surface area contributed by atoms with E-state index in [9.17, 15) is 9.59 Å². The summed E-state index contributed by atoms with van der Waals surface area (Å²) in [5.41, 5.74) is 0.0809. The lowest BCUT2D eigenvalue weighted by molar-refractivity contribution is 0.0496.